The van der Waals surface area contributed by atoms with Crippen LogP contribution in [0.1, 0.15) is 24.8 Å². The summed E-state index contributed by atoms with van der Waals surface area (Å²) in [7, 11) is -3.21. The average molecular weight is 347 g/mol. The van der Waals surface area contributed by atoms with Gasteiger partial charge in [0.05, 0.1) is 5.75 Å². The highest BCUT2D eigenvalue weighted by atomic mass is 79.9. The fraction of sp³-hybridized carbons (Fsp3) is 0.538. The van der Waals surface area contributed by atoms with E-state index in [-0.39, 0.29) is 11.8 Å². The normalized spacial score (nSPS) is 20.4. The van der Waals surface area contributed by atoms with Crippen LogP contribution in [0.3, 0.4) is 0 Å². The van der Waals surface area contributed by atoms with Gasteiger partial charge in [0.2, 0.25) is 10.0 Å². The highest BCUT2D eigenvalue weighted by Gasteiger charge is 2.20. The van der Waals surface area contributed by atoms with Crippen LogP contribution in [-0.2, 0) is 16.6 Å². The van der Waals surface area contributed by atoms with E-state index >= 15 is 0 Å². The molecule has 6 heteroatoms. The molecular formula is C13H19BrN2O2S. The number of nitrogens with one attached hydrogen (secondary N) is 2. The van der Waals surface area contributed by atoms with E-state index < -0.39 is 10.0 Å². The zero-order valence-corrected chi connectivity index (χ0v) is 13.1. The first-order chi connectivity index (χ1) is 9.05. The van der Waals surface area contributed by atoms with E-state index in [1.807, 2.05) is 24.3 Å². The molecule has 1 fully saturated rings. The number of hydrogen-bond acceptors (Lipinski definition) is 3. The first-order valence-corrected chi connectivity index (χ1v) is 8.95. The molecule has 2 N–H and O–H groups in total. The van der Waals surface area contributed by atoms with Crippen LogP contribution >= 0.6 is 15.9 Å². The Hall–Kier alpha value is -0.430. The van der Waals surface area contributed by atoms with Crippen LogP contribution in [0, 0.1) is 0 Å². The highest BCUT2D eigenvalue weighted by molar-refractivity contribution is 9.10. The lowest BCUT2D eigenvalue weighted by Crippen LogP contribution is -2.42. The number of rotatable bonds is 5. The summed E-state index contributed by atoms with van der Waals surface area (Å²) in [4.78, 5) is 0. The highest BCUT2D eigenvalue weighted by Crippen LogP contribution is 2.11. The van der Waals surface area contributed by atoms with Gasteiger partial charge >= 0.3 is 0 Å². The second kappa shape index (κ2) is 6.83. The minimum absolute atomic E-state index is 0.0937. The standard InChI is InChI=1S/C13H19BrN2O2S/c14-12-6-4-11(5-7-12)9-16-19(17,18)10-13-3-1-2-8-15-13/h4-7,13,15-16H,1-3,8-10H2. The SMILES string of the molecule is O=S(=O)(CC1CCCCN1)NCc1ccc(Br)cc1. The Morgan fingerprint density at radius 1 is 1.26 bits per heavy atom. The average Bonchev–Trinajstić information content (AvgIpc) is 2.39. The molecular weight excluding hydrogens is 328 g/mol. The maximum absolute atomic E-state index is 12.0. The Labute approximate surface area is 123 Å². The van der Waals surface area contributed by atoms with Gasteiger partial charge in [0, 0.05) is 17.1 Å². The maximum Gasteiger partial charge on any atom is 0.213 e. The van der Waals surface area contributed by atoms with Crippen LogP contribution in [0.25, 0.3) is 0 Å². The molecule has 0 spiro atoms. The largest absolute Gasteiger partial charge is 0.313 e. The lowest BCUT2D eigenvalue weighted by atomic mass is 10.1. The summed E-state index contributed by atoms with van der Waals surface area (Å²) < 4.78 is 27.6. The van der Waals surface area contributed by atoms with Crippen molar-refractivity contribution in [3.05, 3.63) is 34.3 Å². The lowest BCUT2D eigenvalue weighted by molar-refractivity contribution is 0.422. The van der Waals surface area contributed by atoms with Gasteiger partial charge in [-0.25, -0.2) is 13.1 Å². The van der Waals surface area contributed by atoms with E-state index in [4.69, 9.17) is 0 Å². The monoisotopic (exact) mass is 346 g/mol. The van der Waals surface area contributed by atoms with Crippen molar-refractivity contribution in [3.8, 4) is 0 Å². The Morgan fingerprint density at radius 2 is 2.00 bits per heavy atom. The van der Waals surface area contributed by atoms with Gasteiger partial charge in [0.15, 0.2) is 0 Å². The van der Waals surface area contributed by atoms with Gasteiger partial charge in [-0.1, -0.05) is 34.5 Å². The smallest absolute Gasteiger partial charge is 0.213 e. The molecule has 0 saturated carbocycles. The summed E-state index contributed by atoms with van der Waals surface area (Å²) in [5.74, 6) is 0.170. The zero-order valence-electron chi connectivity index (χ0n) is 10.7. The first-order valence-electron chi connectivity index (χ1n) is 6.50. The molecule has 0 bridgehead atoms. The minimum Gasteiger partial charge on any atom is -0.313 e. The number of benzene rings is 1. The molecule has 1 atom stereocenters. The Kier molecular flexibility index (Phi) is 5.38. The van der Waals surface area contributed by atoms with E-state index in [0.717, 1.165) is 35.8 Å². The van der Waals surface area contributed by atoms with Gasteiger partial charge in [-0.3, -0.25) is 0 Å². The fourth-order valence-electron chi connectivity index (χ4n) is 2.19. The summed E-state index contributed by atoms with van der Waals surface area (Å²) >= 11 is 3.35. The molecule has 1 aromatic carbocycles. The van der Waals surface area contributed by atoms with Gasteiger partial charge < -0.3 is 5.32 Å². The van der Waals surface area contributed by atoms with Gasteiger partial charge in [0.25, 0.3) is 0 Å². The second-order valence-corrected chi connectivity index (χ2v) is 7.64. The van der Waals surface area contributed by atoms with Crippen molar-refractivity contribution in [2.24, 2.45) is 0 Å². The van der Waals surface area contributed by atoms with Crippen LogP contribution in [0.2, 0.25) is 0 Å². The molecule has 1 heterocycles. The third kappa shape index (κ3) is 5.22. The molecule has 19 heavy (non-hydrogen) atoms. The molecule has 1 aromatic rings. The summed E-state index contributed by atoms with van der Waals surface area (Å²) in [6, 6.07) is 7.73. The predicted octanol–water partition coefficient (Wildman–Crippen LogP) is 2.01. The summed E-state index contributed by atoms with van der Waals surface area (Å²) in [6.07, 6.45) is 3.20. The number of hydrogen-bond donors (Lipinski definition) is 2. The van der Waals surface area contributed by atoms with Gasteiger partial charge in [-0.15, -0.1) is 0 Å². The van der Waals surface area contributed by atoms with E-state index in [0.29, 0.717) is 6.54 Å². The zero-order chi connectivity index (χ0) is 13.7. The van der Waals surface area contributed by atoms with E-state index in [2.05, 4.69) is 26.0 Å². The fourth-order valence-corrected chi connectivity index (χ4v) is 3.77. The van der Waals surface area contributed by atoms with Crippen molar-refractivity contribution >= 4 is 26.0 Å². The van der Waals surface area contributed by atoms with Crippen LogP contribution < -0.4 is 10.0 Å². The lowest BCUT2D eigenvalue weighted by Gasteiger charge is -2.23. The molecule has 1 saturated heterocycles. The van der Waals surface area contributed by atoms with Crippen LogP contribution in [0.15, 0.2) is 28.7 Å². The summed E-state index contributed by atoms with van der Waals surface area (Å²) in [5.41, 5.74) is 0.961. The molecule has 0 amide bonds. The van der Waals surface area contributed by atoms with Crippen molar-refractivity contribution < 1.29 is 8.42 Å². The van der Waals surface area contributed by atoms with Crippen molar-refractivity contribution in [1.82, 2.24) is 10.0 Å². The summed E-state index contributed by atoms with van der Waals surface area (Å²) in [6.45, 7) is 1.27. The number of piperidine rings is 1. The van der Waals surface area contributed by atoms with Crippen molar-refractivity contribution in [1.29, 1.82) is 0 Å². The van der Waals surface area contributed by atoms with Crippen LogP contribution in [0.4, 0.5) is 0 Å². The van der Waals surface area contributed by atoms with Gasteiger partial charge in [-0.2, -0.15) is 0 Å². The topological polar surface area (TPSA) is 58.2 Å². The van der Waals surface area contributed by atoms with Crippen LogP contribution in [0.5, 0.6) is 0 Å². The molecule has 106 valence electrons. The van der Waals surface area contributed by atoms with E-state index in [1.165, 1.54) is 0 Å². The predicted molar refractivity (Wildman–Crippen MR) is 80.4 cm³/mol. The van der Waals surface area contributed by atoms with Crippen molar-refractivity contribution in [2.75, 3.05) is 12.3 Å². The molecule has 1 unspecified atom stereocenters. The van der Waals surface area contributed by atoms with Gasteiger partial charge in [-0.05, 0) is 37.1 Å². The molecule has 1 aliphatic heterocycles. The molecule has 0 radical (unpaired) electrons. The molecule has 2 rings (SSSR count). The second-order valence-electron chi connectivity index (χ2n) is 4.88. The molecule has 0 aliphatic carbocycles. The molecule has 1 aliphatic rings. The third-order valence-corrected chi connectivity index (χ3v) is 5.20. The van der Waals surface area contributed by atoms with Crippen LogP contribution in [-0.4, -0.2) is 26.8 Å². The molecule has 0 aromatic heterocycles. The quantitative estimate of drug-likeness (QED) is 0.857. The number of sulfonamides is 1. The number of halogens is 1. The van der Waals surface area contributed by atoms with Crippen molar-refractivity contribution in [3.63, 3.8) is 0 Å². The van der Waals surface area contributed by atoms with E-state index in [1.54, 1.807) is 0 Å². The Balaban J connectivity index is 1.84. The van der Waals surface area contributed by atoms with Crippen molar-refractivity contribution in [2.45, 2.75) is 31.8 Å². The maximum atomic E-state index is 12.0. The summed E-state index contributed by atoms with van der Waals surface area (Å²) in [5, 5.41) is 3.26. The first kappa shape index (κ1) is 15.0. The molecule has 4 nitrogen and oxygen atoms in total. The Bertz CT molecular complexity index is 496. The minimum atomic E-state index is -3.21. The van der Waals surface area contributed by atoms with E-state index in [9.17, 15) is 8.42 Å². The van der Waals surface area contributed by atoms with Gasteiger partial charge in [0.1, 0.15) is 0 Å². The third-order valence-electron chi connectivity index (χ3n) is 3.24. The Morgan fingerprint density at radius 3 is 2.63 bits per heavy atom.